The molecule has 2 aromatic carbocycles. The van der Waals surface area contributed by atoms with Crippen LogP contribution in [0.15, 0.2) is 66.9 Å². The smallest absolute Gasteiger partial charge is 0.407 e. The zero-order valence-electron chi connectivity index (χ0n) is 22.5. The van der Waals surface area contributed by atoms with E-state index in [0.29, 0.717) is 12.8 Å². The van der Waals surface area contributed by atoms with Crippen LogP contribution in [-0.2, 0) is 22.3 Å². The van der Waals surface area contributed by atoms with Gasteiger partial charge in [0.25, 0.3) is 0 Å². The van der Waals surface area contributed by atoms with E-state index in [2.05, 4.69) is 24.4 Å². The van der Waals surface area contributed by atoms with Crippen molar-refractivity contribution in [2.45, 2.75) is 83.1 Å². The molecule has 0 bridgehead atoms. The molecule has 0 aliphatic rings. The van der Waals surface area contributed by atoms with Gasteiger partial charge in [0.05, 0.1) is 28.1 Å². The number of rotatable bonds is 12. The molecule has 0 aliphatic carbocycles. The molecule has 37 heavy (non-hydrogen) atoms. The largest absolute Gasteiger partial charge is 0.444 e. The molecule has 3 rings (SSSR count). The Hall–Kier alpha value is -2.74. The minimum Gasteiger partial charge on any atom is -0.444 e. The van der Waals surface area contributed by atoms with Crippen molar-refractivity contribution >= 4 is 17.4 Å². The predicted molar refractivity (Wildman–Crippen MR) is 149 cm³/mol. The first kappa shape index (κ1) is 28.8. The van der Waals surface area contributed by atoms with Gasteiger partial charge >= 0.3 is 6.09 Å². The molecule has 0 saturated carbocycles. The number of aromatic nitrogens is 1. The number of ether oxygens (including phenoxy) is 2. The van der Waals surface area contributed by atoms with Gasteiger partial charge < -0.3 is 19.9 Å². The van der Waals surface area contributed by atoms with E-state index in [1.807, 2.05) is 75.5 Å². The lowest BCUT2D eigenvalue weighted by Crippen LogP contribution is -2.47. The third kappa shape index (κ3) is 9.26. The Bertz CT molecular complexity index is 1080. The van der Waals surface area contributed by atoms with Crippen LogP contribution < -0.4 is 5.32 Å². The van der Waals surface area contributed by atoms with E-state index in [-0.39, 0.29) is 12.0 Å². The second-order valence-electron chi connectivity index (χ2n) is 10.4. The number of thiazole rings is 1. The van der Waals surface area contributed by atoms with Crippen molar-refractivity contribution in [3.63, 3.8) is 0 Å². The second-order valence-corrected chi connectivity index (χ2v) is 11.5. The lowest BCUT2D eigenvalue weighted by molar-refractivity contribution is 0.0405. The highest BCUT2D eigenvalue weighted by molar-refractivity contribution is 7.11. The predicted octanol–water partition coefficient (Wildman–Crippen LogP) is 6.45. The number of hydrogen-bond donors (Lipinski definition) is 2. The van der Waals surface area contributed by atoms with Crippen molar-refractivity contribution in [1.82, 2.24) is 10.3 Å². The summed E-state index contributed by atoms with van der Waals surface area (Å²) in [6.07, 6.45) is 3.09. The summed E-state index contributed by atoms with van der Waals surface area (Å²) in [5, 5.41) is 15.4. The average molecular weight is 525 g/mol. The summed E-state index contributed by atoms with van der Waals surface area (Å²) in [5.74, 6) is -0.0239. The molecular formula is C30H40N2O4S. The number of carbonyl (C=O) groups is 1. The highest BCUT2D eigenvalue weighted by atomic mass is 32.1. The molecule has 1 amide bonds. The molecule has 6 nitrogen and oxygen atoms in total. The summed E-state index contributed by atoms with van der Waals surface area (Å²) in [7, 11) is 1.72. The van der Waals surface area contributed by atoms with Gasteiger partial charge in [-0.05, 0) is 57.6 Å². The van der Waals surface area contributed by atoms with E-state index in [4.69, 9.17) is 14.5 Å². The Morgan fingerprint density at radius 2 is 1.62 bits per heavy atom. The van der Waals surface area contributed by atoms with Crippen molar-refractivity contribution in [2.75, 3.05) is 7.11 Å². The molecule has 0 spiro atoms. The minimum absolute atomic E-state index is 0.00760. The number of hydrogen-bond acceptors (Lipinski definition) is 6. The van der Waals surface area contributed by atoms with Gasteiger partial charge in [-0.1, -0.05) is 67.6 Å². The first-order valence-electron chi connectivity index (χ1n) is 12.9. The van der Waals surface area contributed by atoms with Crippen molar-refractivity contribution in [1.29, 1.82) is 0 Å². The van der Waals surface area contributed by atoms with Gasteiger partial charge in [-0.3, -0.25) is 0 Å². The van der Waals surface area contributed by atoms with E-state index in [0.717, 1.165) is 28.3 Å². The van der Waals surface area contributed by atoms with Crippen LogP contribution in [0.1, 0.15) is 73.6 Å². The number of benzene rings is 2. The van der Waals surface area contributed by atoms with Crippen molar-refractivity contribution in [3.05, 3.63) is 87.9 Å². The average Bonchev–Trinajstić information content (AvgIpc) is 3.34. The molecule has 3 aromatic rings. The molecule has 1 aromatic heterocycles. The van der Waals surface area contributed by atoms with Crippen LogP contribution in [0.2, 0.25) is 0 Å². The van der Waals surface area contributed by atoms with Gasteiger partial charge in [-0.25, -0.2) is 9.78 Å². The molecule has 0 fully saturated rings. The Kier molecular flexibility index (Phi) is 10.7. The summed E-state index contributed by atoms with van der Waals surface area (Å²) >= 11 is 1.64. The maximum atomic E-state index is 12.7. The fourth-order valence-corrected chi connectivity index (χ4v) is 5.55. The summed E-state index contributed by atoms with van der Waals surface area (Å²) < 4.78 is 11.1. The summed E-state index contributed by atoms with van der Waals surface area (Å²) in [6, 6.07) is 19.6. The zero-order chi connectivity index (χ0) is 26.8. The van der Waals surface area contributed by atoms with Crippen molar-refractivity contribution in [2.24, 2.45) is 0 Å². The number of alkyl carbamates (subject to hydrolysis) is 1. The van der Waals surface area contributed by atoms with Crippen molar-refractivity contribution < 1.29 is 19.4 Å². The molecule has 7 heteroatoms. The number of aliphatic hydroxyl groups excluding tert-OH is 1. The molecule has 200 valence electrons. The lowest BCUT2D eigenvalue weighted by Gasteiger charge is -2.29. The quantitative estimate of drug-likeness (QED) is 0.284. The maximum absolute atomic E-state index is 12.7. The van der Waals surface area contributed by atoms with Crippen molar-refractivity contribution in [3.8, 4) is 0 Å². The van der Waals surface area contributed by atoms with E-state index >= 15 is 0 Å². The normalized spacial score (nSPS) is 15.0. The Labute approximate surface area is 225 Å². The Morgan fingerprint density at radius 1 is 1.03 bits per heavy atom. The SMILES string of the molecule is CCC(OC)c1cnc(C(Cc2ccccc2)C[C@H](O)[C@H](Cc2ccccc2)NC(=O)OC(C)(C)C)s1. The Balaban J connectivity index is 1.85. The summed E-state index contributed by atoms with van der Waals surface area (Å²) in [4.78, 5) is 18.5. The number of amides is 1. The molecular weight excluding hydrogens is 484 g/mol. The molecule has 2 N–H and O–H groups in total. The molecule has 0 saturated heterocycles. The molecule has 0 aliphatic heterocycles. The van der Waals surface area contributed by atoms with E-state index in [1.165, 1.54) is 5.56 Å². The number of nitrogens with one attached hydrogen (secondary N) is 1. The molecule has 1 heterocycles. The van der Waals surface area contributed by atoms with Crippen LogP contribution >= 0.6 is 11.3 Å². The lowest BCUT2D eigenvalue weighted by atomic mass is 9.89. The van der Waals surface area contributed by atoms with E-state index < -0.39 is 23.8 Å². The highest BCUT2D eigenvalue weighted by Crippen LogP contribution is 2.34. The van der Waals surface area contributed by atoms with Gasteiger partial charge in [-0.15, -0.1) is 11.3 Å². The topological polar surface area (TPSA) is 80.7 Å². The molecule has 4 atom stereocenters. The van der Waals surface area contributed by atoms with Crippen LogP contribution in [0.5, 0.6) is 0 Å². The number of aliphatic hydroxyl groups is 1. The first-order chi connectivity index (χ1) is 17.7. The Morgan fingerprint density at radius 3 is 2.16 bits per heavy atom. The van der Waals surface area contributed by atoms with E-state index in [9.17, 15) is 9.90 Å². The van der Waals surface area contributed by atoms with Gasteiger partial charge in [-0.2, -0.15) is 0 Å². The van der Waals surface area contributed by atoms with Crippen LogP contribution in [-0.4, -0.2) is 41.0 Å². The third-order valence-corrected chi connectivity index (χ3v) is 7.43. The van der Waals surface area contributed by atoms with Gasteiger partial charge in [0.2, 0.25) is 0 Å². The van der Waals surface area contributed by atoms with Crippen LogP contribution in [0.4, 0.5) is 4.79 Å². The summed E-state index contributed by atoms with van der Waals surface area (Å²) in [6.45, 7) is 7.58. The fourth-order valence-electron chi connectivity index (χ4n) is 4.36. The third-order valence-electron chi connectivity index (χ3n) is 6.18. The minimum atomic E-state index is -0.807. The highest BCUT2D eigenvalue weighted by Gasteiger charge is 2.29. The standard InChI is InChI=1S/C30H40N2O4S/c1-6-26(35-5)27-20-31-28(37-27)23(17-21-13-9-7-10-14-21)19-25(33)24(18-22-15-11-8-12-16-22)32-29(34)36-30(2,3)4/h7-16,20,23-26,33H,6,17-19H2,1-5H3,(H,32,34)/t23?,24-,25-,26?/m0/s1. The number of methoxy groups -OCH3 is 1. The fraction of sp³-hybridized carbons (Fsp3) is 0.467. The second kappa shape index (κ2) is 13.7. The van der Waals surface area contributed by atoms with Crippen LogP contribution in [0.3, 0.4) is 0 Å². The van der Waals surface area contributed by atoms with Crippen LogP contribution in [0, 0.1) is 0 Å². The van der Waals surface area contributed by atoms with Gasteiger partial charge in [0.15, 0.2) is 0 Å². The number of nitrogens with zero attached hydrogens (tertiary/aromatic N) is 1. The van der Waals surface area contributed by atoms with Gasteiger partial charge in [0, 0.05) is 19.2 Å². The molecule has 0 radical (unpaired) electrons. The monoisotopic (exact) mass is 524 g/mol. The van der Waals surface area contributed by atoms with Gasteiger partial charge in [0.1, 0.15) is 5.60 Å². The summed E-state index contributed by atoms with van der Waals surface area (Å²) in [5.41, 5.74) is 1.58. The number of carbonyl (C=O) groups excluding carboxylic acids is 1. The molecule has 2 unspecified atom stereocenters. The first-order valence-corrected chi connectivity index (χ1v) is 13.7. The maximum Gasteiger partial charge on any atom is 0.407 e. The zero-order valence-corrected chi connectivity index (χ0v) is 23.3. The van der Waals surface area contributed by atoms with Crippen LogP contribution in [0.25, 0.3) is 0 Å². The van der Waals surface area contributed by atoms with E-state index in [1.54, 1.807) is 18.4 Å².